The summed E-state index contributed by atoms with van der Waals surface area (Å²) in [6.07, 6.45) is 1.22. The Balaban J connectivity index is 1.94. The van der Waals surface area contributed by atoms with Gasteiger partial charge in [0.2, 0.25) is 5.91 Å². The average Bonchev–Trinajstić information content (AvgIpc) is 2.97. The van der Waals surface area contributed by atoms with E-state index < -0.39 is 11.5 Å². The molecule has 0 aliphatic carbocycles. The standard InChI is InChI=1S/C13H18N2O4S/c1-8-10(9(2)19-15-8)3-4-11(16)14-13(12(17)18)5-6-20-7-13/h3-7H2,1-2H3,(H,14,16)(H,17,18)/t13-/m0/s1. The van der Waals surface area contributed by atoms with Crippen molar-refractivity contribution in [1.82, 2.24) is 10.5 Å². The molecule has 1 aromatic rings. The summed E-state index contributed by atoms with van der Waals surface area (Å²) in [7, 11) is 0. The van der Waals surface area contributed by atoms with Gasteiger partial charge >= 0.3 is 5.97 Å². The molecule has 1 aliphatic rings. The largest absolute Gasteiger partial charge is 0.479 e. The summed E-state index contributed by atoms with van der Waals surface area (Å²) in [6, 6.07) is 0. The Kier molecular flexibility index (Phi) is 4.37. The van der Waals surface area contributed by atoms with Gasteiger partial charge in [0.05, 0.1) is 5.69 Å². The highest BCUT2D eigenvalue weighted by atomic mass is 32.2. The highest BCUT2D eigenvalue weighted by Crippen LogP contribution is 2.28. The maximum atomic E-state index is 12.0. The lowest BCUT2D eigenvalue weighted by Gasteiger charge is -2.24. The third-order valence-electron chi connectivity index (χ3n) is 3.59. The first-order chi connectivity index (χ1) is 9.44. The van der Waals surface area contributed by atoms with E-state index >= 15 is 0 Å². The Morgan fingerprint density at radius 1 is 1.50 bits per heavy atom. The summed E-state index contributed by atoms with van der Waals surface area (Å²) >= 11 is 1.55. The molecule has 0 aromatic carbocycles. The number of thioether (sulfide) groups is 1. The van der Waals surface area contributed by atoms with Crippen molar-refractivity contribution < 1.29 is 19.2 Å². The molecule has 2 N–H and O–H groups in total. The van der Waals surface area contributed by atoms with Gasteiger partial charge in [0.25, 0.3) is 0 Å². The fourth-order valence-corrected chi connectivity index (χ4v) is 3.64. The van der Waals surface area contributed by atoms with E-state index in [2.05, 4.69) is 10.5 Å². The average molecular weight is 298 g/mol. The highest BCUT2D eigenvalue weighted by molar-refractivity contribution is 7.99. The van der Waals surface area contributed by atoms with E-state index in [4.69, 9.17) is 4.52 Å². The van der Waals surface area contributed by atoms with Crippen LogP contribution in [0.2, 0.25) is 0 Å². The number of carbonyl (C=O) groups excluding carboxylic acids is 1. The van der Waals surface area contributed by atoms with E-state index in [-0.39, 0.29) is 12.3 Å². The summed E-state index contributed by atoms with van der Waals surface area (Å²) < 4.78 is 5.04. The molecule has 1 atom stereocenters. The minimum absolute atomic E-state index is 0.239. The van der Waals surface area contributed by atoms with Gasteiger partial charge in [-0.15, -0.1) is 0 Å². The van der Waals surface area contributed by atoms with Gasteiger partial charge in [-0.2, -0.15) is 11.8 Å². The minimum Gasteiger partial charge on any atom is -0.479 e. The number of carboxylic acids is 1. The molecule has 1 amide bonds. The van der Waals surface area contributed by atoms with E-state index in [0.717, 1.165) is 17.0 Å². The smallest absolute Gasteiger partial charge is 0.330 e. The Morgan fingerprint density at radius 3 is 2.75 bits per heavy atom. The summed E-state index contributed by atoms with van der Waals surface area (Å²) in [5, 5.41) is 15.8. The molecule has 0 unspecified atom stereocenters. The van der Waals surface area contributed by atoms with Crippen LogP contribution in [0.4, 0.5) is 0 Å². The van der Waals surface area contributed by atoms with Crippen molar-refractivity contribution in [1.29, 1.82) is 0 Å². The van der Waals surface area contributed by atoms with E-state index in [1.165, 1.54) is 0 Å². The number of amides is 1. The van der Waals surface area contributed by atoms with E-state index in [9.17, 15) is 14.7 Å². The van der Waals surface area contributed by atoms with Gasteiger partial charge in [-0.3, -0.25) is 4.79 Å². The number of nitrogens with one attached hydrogen (secondary N) is 1. The zero-order valence-electron chi connectivity index (χ0n) is 11.6. The first kappa shape index (κ1) is 14.9. The highest BCUT2D eigenvalue weighted by Gasteiger charge is 2.43. The number of carbonyl (C=O) groups is 2. The SMILES string of the molecule is Cc1noc(C)c1CCC(=O)N[C@@]1(C(=O)O)CCSC1. The van der Waals surface area contributed by atoms with Gasteiger partial charge in [0.1, 0.15) is 11.3 Å². The lowest BCUT2D eigenvalue weighted by Crippen LogP contribution is -2.54. The first-order valence-electron chi connectivity index (χ1n) is 6.48. The van der Waals surface area contributed by atoms with Gasteiger partial charge in [-0.25, -0.2) is 4.79 Å². The van der Waals surface area contributed by atoms with Crippen molar-refractivity contribution in [3.63, 3.8) is 0 Å². The lowest BCUT2D eigenvalue weighted by molar-refractivity contribution is -0.146. The molecule has 1 fully saturated rings. The summed E-state index contributed by atoms with van der Waals surface area (Å²) in [4.78, 5) is 23.3. The van der Waals surface area contributed by atoms with Crippen molar-refractivity contribution in [3.05, 3.63) is 17.0 Å². The molecule has 0 saturated carbocycles. The van der Waals surface area contributed by atoms with Crippen LogP contribution in [0.25, 0.3) is 0 Å². The molecule has 0 bridgehead atoms. The number of aryl methyl sites for hydroxylation is 2. The van der Waals surface area contributed by atoms with Crippen LogP contribution in [0.1, 0.15) is 29.9 Å². The fraction of sp³-hybridized carbons (Fsp3) is 0.615. The van der Waals surface area contributed by atoms with Crippen molar-refractivity contribution in [2.24, 2.45) is 0 Å². The molecule has 7 heteroatoms. The Bertz CT molecular complexity index is 501. The number of carboxylic acid groups (broad SMARTS) is 1. The van der Waals surface area contributed by atoms with Crippen LogP contribution >= 0.6 is 11.8 Å². The third-order valence-corrected chi connectivity index (χ3v) is 4.78. The Labute approximate surface area is 121 Å². The normalized spacial score (nSPS) is 21.9. The molecule has 110 valence electrons. The van der Waals surface area contributed by atoms with E-state index in [1.54, 1.807) is 18.7 Å². The molecule has 0 radical (unpaired) electrons. The summed E-state index contributed by atoms with van der Waals surface area (Å²) in [5.74, 6) is 0.707. The Morgan fingerprint density at radius 2 is 2.25 bits per heavy atom. The van der Waals surface area contributed by atoms with Crippen molar-refractivity contribution >= 4 is 23.6 Å². The van der Waals surface area contributed by atoms with Gasteiger partial charge in [0.15, 0.2) is 0 Å². The lowest BCUT2D eigenvalue weighted by atomic mass is 9.98. The van der Waals surface area contributed by atoms with E-state index in [1.807, 2.05) is 6.92 Å². The van der Waals surface area contributed by atoms with Crippen molar-refractivity contribution in [3.8, 4) is 0 Å². The monoisotopic (exact) mass is 298 g/mol. The van der Waals surface area contributed by atoms with Crippen molar-refractivity contribution in [2.45, 2.75) is 38.6 Å². The number of aromatic nitrogens is 1. The van der Waals surface area contributed by atoms with Gasteiger partial charge in [0, 0.05) is 17.7 Å². The number of hydrogen-bond acceptors (Lipinski definition) is 5. The van der Waals surface area contributed by atoms with Crippen LogP contribution in [-0.4, -0.2) is 39.2 Å². The zero-order valence-corrected chi connectivity index (χ0v) is 12.4. The van der Waals surface area contributed by atoms with Crippen molar-refractivity contribution in [2.75, 3.05) is 11.5 Å². The fourth-order valence-electron chi connectivity index (χ4n) is 2.31. The second-order valence-electron chi connectivity index (χ2n) is 5.04. The number of hydrogen-bond donors (Lipinski definition) is 2. The molecular weight excluding hydrogens is 280 g/mol. The number of rotatable bonds is 5. The van der Waals surface area contributed by atoms with Crippen LogP contribution in [0.15, 0.2) is 4.52 Å². The molecule has 2 heterocycles. The van der Waals surface area contributed by atoms with Crippen LogP contribution in [-0.2, 0) is 16.0 Å². The van der Waals surface area contributed by atoms with Crippen LogP contribution in [0.3, 0.4) is 0 Å². The molecular formula is C13H18N2O4S. The van der Waals surface area contributed by atoms with Crippen LogP contribution in [0.5, 0.6) is 0 Å². The Hall–Kier alpha value is -1.50. The van der Waals surface area contributed by atoms with Gasteiger partial charge in [-0.1, -0.05) is 5.16 Å². The molecule has 1 saturated heterocycles. The molecule has 2 rings (SSSR count). The minimum atomic E-state index is -1.10. The molecule has 1 aromatic heterocycles. The summed E-state index contributed by atoms with van der Waals surface area (Å²) in [5.41, 5.74) is 0.602. The van der Waals surface area contributed by atoms with Gasteiger partial charge in [-0.05, 0) is 32.4 Å². The predicted molar refractivity (Wildman–Crippen MR) is 74.7 cm³/mol. The van der Waals surface area contributed by atoms with Crippen LogP contribution < -0.4 is 5.32 Å². The maximum absolute atomic E-state index is 12.0. The van der Waals surface area contributed by atoms with Crippen LogP contribution in [0, 0.1) is 13.8 Å². The quantitative estimate of drug-likeness (QED) is 0.851. The maximum Gasteiger partial charge on any atom is 0.330 e. The zero-order chi connectivity index (χ0) is 14.8. The molecule has 1 aliphatic heterocycles. The number of nitrogens with zero attached hydrogens (tertiary/aromatic N) is 1. The first-order valence-corrected chi connectivity index (χ1v) is 7.64. The topological polar surface area (TPSA) is 92.4 Å². The third kappa shape index (κ3) is 2.98. The number of aliphatic carboxylic acids is 1. The molecule has 20 heavy (non-hydrogen) atoms. The summed E-state index contributed by atoms with van der Waals surface area (Å²) in [6.45, 7) is 3.63. The second kappa shape index (κ2) is 5.87. The molecule has 0 spiro atoms. The predicted octanol–water partition coefficient (Wildman–Crippen LogP) is 1.30. The van der Waals surface area contributed by atoms with E-state index in [0.29, 0.717) is 24.4 Å². The molecule has 6 nitrogen and oxygen atoms in total. The van der Waals surface area contributed by atoms with Gasteiger partial charge < -0.3 is 14.9 Å². The second-order valence-corrected chi connectivity index (χ2v) is 6.15.